The molecule has 0 aliphatic heterocycles. The quantitative estimate of drug-likeness (QED) is 0.513. The van der Waals surface area contributed by atoms with E-state index in [-0.39, 0.29) is 15.9 Å². The minimum absolute atomic E-state index is 0.0567. The topological polar surface area (TPSA) is 35.6 Å². The van der Waals surface area contributed by atoms with Crippen LogP contribution in [-0.4, -0.2) is 19.3 Å². The molecule has 2 heterocycles. The van der Waals surface area contributed by atoms with Gasteiger partial charge in [-0.1, -0.05) is 23.2 Å². The summed E-state index contributed by atoms with van der Waals surface area (Å²) in [6, 6.07) is 2.98. The maximum Gasteiger partial charge on any atom is 0.163 e. The van der Waals surface area contributed by atoms with Gasteiger partial charge in [-0.05, 0) is 19.1 Å². The first-order valence-electron chi connectivity index (χ1n) is 6.05. The molecule has 2 aromatic heterocycles. The molecule has 1 aromatic carbocycles. The number of imidazole rings is 1. The monoisotopic (exact) mass is 346 g/mol. The number of aromatic nitrogens is 4. The molecule has 0 radical (unpaired) electrons. The van der Waals surface area contributed by atoms with Gasteiger partial charge >= 0.3 is 0 Å². The van der Waals surface area contributed by atoms with Crippen LogP contribution < -0.4 is 0 Å². The van der Waals surface area contributed by atoms with Crippen molar-refractivity contribution in [3.8, 4) is 5.69 Å². The van der Waals surface area contributed by atoms with Crippen molar-refractivity contribution in [3.05, 3.63) is 39.5 Å². The Labute approximate surface area is 135 Å². The summed E-state index contributed by atoms with van der Waals surface area (Å²) in [5, 5.41) is 4.21. The van der Waals surface area contributed by atoms with Crippen LogP contribution in [0.25, 0.3) is 16.9 Å². The summed E-state index contributed by atoms with van der Waals surface area (Å²) in [5.41, 5.74) is 2.87. The SMILES string of the molecule is Cc1nn(C)c2c1nc(CCl)n2-c1cc(Cl)c(F)c(Cl)c1. The molecule has 0 saturated carbocycles. The highest BCUT2D eigenvalue weighted by atomic mass is 35.5. The molecule has 0 unspecified atom stereocenters. The van der Waals surface area contributed by atoms with Gasteiger partial charge in [0.1, 0.15) is 11.3 Å². The smallest absolute Gasteiger partial charge is 0.163 e. The Hall–Kier alpha value is -1.30. The fourth-order valence-electron chi connectivity index (χ4n) is 2.35. The zero-order valence-electron chi connectivity index (χ0n) is 11.2. The van der Waals surface area contributed by atoms with Crippen LogP contribution >= 0.6 is 34.8 Å². The number of alkyl halides is 1. The maximum absolute atomic E-state index is 13.6. The fraction of sp³-hybridized carbons (Fsp3) is 0.231. The third kappa shape index (κ3) is 2.20. The molecule has 0 N–H and O–H groups in total. The van der Waals surface area contributed by atoms with Crippen molar-refractivity contribution < 1.29 is 4.39 Å². The summed E-state index contributed by atoms with van der Waals surface area (Å²) in [4.78, 5) is 4.48. The predicted molar refractivity (Wildman–Crippen MR) is 82.1 cm³/mol. The summed E-state index contributed by atoms with van der Waals surface area (Å²) in [6.07, 6.45) is 0. The molecule has 0 bridgehead atoms. The summed E-state index contributed by atoms with van der Waals surface area (Å²) in [6.45, 7) is 1.86. The van der Waals surface area contributed by atoms with Crippen LogP contribution in [0.15, 0.2) is 12.1 Å². The molecule has 0 fully saturated rings. The fourth-order valence-corrected chi connectivity index (χ4v) is 3.00. The first-order chi connectivity index (χ1) is 9.93. The van der Waals surface area contributed by atoms with Crippen molar-refractivity contribution in [1.82, 2.24) is 19.3 Å². The van der Waals surface area contributed by atoms with Gasteiger partial charge < -0.3 is 0 Å². The van der Waals surface area contributed by atoms with Gasteiger partial charge in [0.2, 0.25) is 0 Å². The number of hydrogen-bond acceptors (Lipinski definition) is 2. The Bertz CT molecular complexity index is 830. The second-order valence-corrected chi connectivity index (χ2v) is 5.68. The highest BCUT2D eigenvalue weighted by molar-refractivity contribution is 6.35. The van der Waals surface area contributed by atoms with Gasteiger partial charge in [-0.3, -0.25) is 4.57 Å². The maximum atomic E-state index is 13.6. The van der Waals surface area contributed by atoms with E-state index in [0.717, 1.165) is 16.9 Å². The Kier molecular flexibility index (Phi) is 3.59. The number of rotatable bonds is 2. The molecule has 0 aliphatic carbocycles. The molecule has 0 amide bonds. The number of hydrogen-bond donors (Lipinski definition) is 0. The lowest BCUT2D eigenvalue weighted by Gasteiger charge is -2.10. The van der Waals surface area contributed by atoms with E-state index < -0.39 is 5.82 Å². The van der Waals surface area contributed by atoms with Crippen LogP contribution in [0.2, 0.25) is 10.0 Å². The van der Waals surface area contributed by atoms with Crippen molar-refractivity contribution in [2.45, 2.75) is 12.8 Å². The Morgan fingerprint density at radius 2 is 1.86 bits per heavy atom. The van der Waals surface area contributed by atoms with Gasteiger partial charge in [-0.25, -0.2) is 14.1 Å². The van der Waals surface area contributed by atoms with Crippen molar-refractivity contribution in [1.29, 1.82) is 0 Å². The van der Waals surface area contributed by atoms with E-state index in [9.17, 15) is 4.39 Å². The van der Waals surface area contributed by atoms with Crippen LogP contribution in [0.3, 0.4) is 0 Å². The molecule has 0 spiro atoms. The molecule has 21 heavy (non-hydrogen) atoms. The van der Waals surface area contributed by atoms with E-state index in [4.69, 9.17) is 34.8 Å². The summed E-state index contributed by atoms with van der Waals surface area (Å²) < 4.78 is 17.1. The molecule has 0 aliphatic rings. The number of benzene rings is 1. The number of fused-ring (bicyclic) bond motifs is 1. The van der Waals surface area contributed by atoms with Crippen molar-refractivity contribution in [2.75, 3.05) is 0 Å². The molecule has 0 atom stereocenters. The van der Waals surface area contributed by atoms with Crippen LogP contribution in [0, 0.1) is 12.7 Å². The average molecular weight is 348 g/mol. The highest BCUT2D eigenvalue weighted by Crippen LogP contribution is 2.30. The van der Waals surface area contributed by atoms with Crippen molar-refractivity contribution in [2.24, 2.45) is 7.05 Å². The molecule has 110 valence electrons. The first kappa shape index (κ1) is 14.6. The van der Waals surface area contributed by atoms with Gasteiger partial charge in [0.15, 0.2) is 11.5 Å². The Morgan fingerprint density at radius 1 is 1.24 bits per heavy atom. The van der Waals surface area contributed by atoms with E-state index in [2.05, 4.69) is 10.1 Å². The van der Waals surface area contributed by atoms with Gasteiger partial charge in [0.25, 0.3) is 0 Å². The zero-order valence-corrected chi connectivity index (χ0v) is 13.4. The van der Waals surface area contributed by atoms with E-state index in [1.807, 2.05) is 6.92 Å². The van der Waals surface area contributed by atoms with Crippen molar-refractivity contribution >= 4 is 46.0 Å². The van der Waals surface area contributed by atoms with Crippen LogP contribution in [-0.2, 0) is 12.9 Å². The van der Waals surface area contributed by atoms with Gasteiger partial charge in [-0.15, -0.1) is 11.6 Å². The number of aryl methyl sites for hydroxylation is 2. The molecular formula is C13H10Cl3FN4. The van der Waals surface area contributed by atoms with E-state index in [0.29, 0.717) is 11.5 Å². The highest BCUT2D eigenvalue weighted by Gasteiger charge is 2.19. The molecule has 3 aromatic rings. The minimum Gasteiger partial charge on any atom is -0.280 e. The molecule has 0 saturated heterocycles. The lowest BCUT2D eigenvalue weighted by atomic mass is 10.3. The molecular weight excluding hydrogens is 338 g/mol. The minimum atomic E-state index is -0.646. The van der Waals surface area contributed by atoms with E-state index in [1.54, 1.807) is 16.3 Å². The summed E-state index contributed by atoms with van der Waals surface area (Å²) >= 11 is 17.7. The zero-order chi connectivity index (χ0) is 15.3. The third-order valence-electron chi connectivity index (χ3n) is 3.22. The normalized spacial score (nSPS) is 11.5. The second-order valence-electron chi connectivity index (χ2n) is 4.60. The van der Waals surface area contributed by atoms with Gasteiger partial charge in [0, 0.05) is 7.05 Å². The lowest BCUT2D eigenvalue weighted by molar-refractivity contribution is 0.628. The van der Waals surface area contributed by atoms with E-state index >= 15 is 0 Å². The summed E-state index contributed by atoms with van der Waals surface area (Å²) in [5.74, 6) is 0.161. The van der Waals surface area contributed by atoms with Crippen molar-refractivity contribution in [3.63, 3.8) is 0 Å². The Balaban J connectivity index is 2.38. The largest absolute Gasteiger partial charge is 0.280 e. The third-order valence-corrected chi connectivity index (χ3v) is 4.01. The van der Waals surface area contributed by atoms with Gasteiger partial charge in [0.05, 0.1) is 27.3 Å². The second kappa shape index (κ2) is 5.16. The van der Waals surface area contributed by atoms with Crippen LogP contribution in [0.5, 0.6) is 0 Å². The molecule has 4 nitrogen and oxygen atoms in total. The molecule has 3 rings (SSSR count). The number of nitrogens with zero attached hydrogens (tertiary/aromatic N) is 4. The van der Waals surface area contributed by atoms with Crippen LogP contribution in [0.1, 0.15) is 11.5 Å². The average Bonchev–Trinajstić information content (AvgIpc) is 2.94. The molecule has 8 heteroatoms. The summed E-state index contributed by atoms with van der Waals surface area (Å²) in [7, 11) is 1.80. The Morgan fingerprint density at radius 3 is 2.43 bits per heavy atom. The van der Waals surface area contributed by atoms with Crippen LogP contribution in [0.4, 0.5) is 4.39 Å². The standard InChI is InChI=1S/C13H10Cl3FN4/c1-6-12-13(20(2)19-6)21(10(5-14)18-12)7-3-8(15)11(17)9(16)4-7/h3-4H,5H2,1-2H3. The number of halogens is 4. The van der Waals surface area contributed by atoms with Gasteiger partial charge in [-0.2, -0.15) is 5.10 Å². The van der Waals surface area contributed by atoms with E-state index in [1.165, 1.54) is 12.1 Å². The predicted octanol–water partition coefficient (Wildman–Crippen LogP) is 4.25. The lowest BCUT2D eigenvalue weighted by Crippen LogP contribution is -2.04. The first-order valence-corrected chi connectivity index (χ1v) is 7.35.